The molecule has 148 valence electrons. The number of halogens is 1. The summed E-state index contributed by atoms with van der Waals surface area (Å²) in [5.74, 6) is 0.448. The Hall–Kier alpha value is -1.82. The zero-order valence-corrected chi connectivity index (χ0v) is 17.8. The molecule has 0 amide bonds. The molecule has 3 rings (SSSR count). The third kappa shape index (κ3) is 4.77. The third-order valence-corrected chi connectivity index (χ3v) is 6.67. The minimum atomic E-state index is -0.439. The second-order valence-electron chi connectivity index (χ2n) is 8.09. The van der Waals surface area contributed by atoms with Crippen molar-refractivity contribution in [3.63, 3.8) is 0 Å². The van der Waals surface area contributed by atoms with Crippen LogP contribution in [0.5, 0.6) is 0 Å². The van der Waals surface area contributed by atoms with Gasteiger partial charge in [0, 0.05) is 17.6 Å². The molecule has 1 aliphatic carbocycles. The van der Waals surface area contributed by atoms with Crippen LogP contribution in [0, 0.1) is 17.2 Å². The average molecular weight is 395 g/mol. The zero-order valence-electron chi connectivity index (χ0n) is 17.1. The lowest BCUT2D eigenvalue weighted by atomic mass is 9.73. The maximum absolute atomic E-state index is 10.2. The molecule has 0 bridgehead atoms. The van der Waals surface area contributed by atoms with E-state index in [9.17, 15) is 5.26 Å². The smallest absolute Gasteiger partial charge is 0.0865 e. The second kappa shape index (κ2) is 9.59. The van der Waals surface area contributed by atoms with Gasteiger partial charge in [-0.05, 0) is 68.7 Å². The number of likely N-dealkylation sites (N-methyl/N-ethyl adjacent to an activating group) is 1. The zero-order chi connectivity index (χ0) is 20.0. The first-order chi connectivity index (χ1) is 13.6. The van der Waals surface area contributed by atoms with Crippen LogP contribution in [0.3, 0.4) is 0 Å². The second-order valence-corrected chi connectivity index (χ2v) is 8.50. The first-order valence-corrected chi connectivity index (χ1v) is 10.9. The highest BCUT2D eigenvalue weighted by Crippen LogP contribution is 2.51. The molecule has 1 aliphatic rings. The van der Waals surface area contributed by atoms with E-state index in [4.69, 9.17) is 11.6 Å². The number of hydrogen-bond acceptors (Lipinski definition) is 2. The van der Waals surface area contributed by atoms with Gasteiger partial charge in [0.2, 0.25) is 0 Å². The summed E-state index contributed by atoms with van der Waals surface area (Å²) < 4.78 is 0. The summed E-state index contributed by atoms with van der Waals surface area (Å²) in [5, 5.41) is 10.9. The van der Waals surface area contributed by atoms with Crippen molar-refractivity contribution in [2.75, 3.05) is 13.1 Å². The van der Waals surface area contributed by atoms with Gasteiger partial charge in [-0.1, -0.05) is 67.1 Å². The molecule has 0 heterocycles. The number of benzene rings is 2. The van der Waals surface area contributed by atoms with Gasteiger partial charge in [0.1, 0.15) is 0 Å². The van der Waals surface area contributed by atoms with Gasteiger partial charge in [-0.15, -0.1) is 0 Å². The molecule has 1 saturated carbocycles. The van der Waals surface area contributed by atoms with Crippen molar-refractivity contribution >= 4 is 11.6 Å². The van der Waals surface area contributed by atoms with E-state index >= 15 is 0 Å². The molecule has 0 aliphatic heterocycles. The molecule has 0 aromatic heterocycles. The minimum Gasteiger partial charge on any atom is -0.301 e. The maximum Gasteiger partial charge on any atom is 0.0865 e. The molecular weight excluding hydrogens is 364 g/mol. The predicted octanol–water partition coefficient (Wildman–Crippen LogP) is 6.24. The Morgan fingerprint density at radius 1 is 1.14 bits per heavy atom. The average Bonchev–Trinajstić information content (AvgIpc) is 3.57. The summed E-state index contributed by atoms with van der Waals surface area (Å²) in [5.41, 5.74) is 1.97. The minimum absolute atomic E-state index is 0.439. The van der Waals surface area contributed by atoms with Gasteiger partial charge in [0.15, 0.2) is 0 Å². The van der Waals surface area contributed by atoms with Crippen LogP contribution in [-0.4, -0.2) is 24.0 Å². The van der Waals surface area contributed by atoms with Crippen molar-refractivity contribution in [3.05, 3.63) is 70.7 Å². The van der Waals surface area contributed by atoms with Crippen molar-refractivity contribution < 1.29 is 0 Å². The fraction of sp³-hybridized carbons (Fsp3) is 0.480. The molecule has 2 aromatic rings. The molecule has 3 heteroatoms. The van der Waals surface area contributed by atoms with Crippen molar-refractivity contribution in [1.82, 2.24) is 4.90 Å². The first-order valence-electron chi connectivity index (χ1n) is 10.5. The summed E-state index contributed by atoms with van der Waals surface area (Å²) in [6.45, 7) is 6.62. The van der Waals surface area contributed by atoms with E-state index in [1.54, 1.807) is 0 Å². The number of rotatable bonds is 10. The Kier molecular flexibility index (Phi) is 7.16. The molecule has 2 atom stereocenters. The van der Waals surface area contributed by atoms with Crippen molar-refractivity contribution in [2.24, 2.45) is 5.92 Å². The molecule has 0 saturated heterocycles. The molecular formula is C25H31ClN2. The Labute approximate surface area is 175 Å². The van der Waals surface area contributed by atoms with Crippen LogP contribution in [0.2, 0.25) is 5.02 Å². The van der Waals surface area contributed by atoms with Crippen LogP contribution in [0.1, 0.15) is 50.7 Å². The van der Waals surface area contributed by atoms with E-state index in [-0.39, 0.29) is 0 Å². The largest absolute Gasteiger partial charge is 0.301 e. The lowest BCUT2D eigenvalue weighted by molar-refractivity contribution is 0.199. The molecule has 2 nitrogen and oxygen atoms in total. The van der Waals surface area contributed by atoms with Crippen LogP contribution in [-0.2, 0) is 11.8 Å². The maximum atomic E-state index is 10.2. The summed E-state index contributed by atoms with van der Waals surface area (Å²) in [7, 11) is 0. The Balaban J connectivity index is 1.67. The van der Waals surface area contributed by atoms with E-state index in [1.807, 2.05) is 18.2 Å². The van der Waals surface area contributed by atoms with Gasteiger partial charge in [0.05, 0.1) is 11.5 Å². The van der Waals surface area contributed by atoms with Gasteiger partial charge < -0.3 is 4.90 Å². The van der Waals surface area contributed by atoms with E-state index in [0.29, 0.717) is 12.0 Å². The summed E-state index contributed by atoms with van der Waals surface area (Å²) >= 11 is 6.52. The molecule has 0 spiro atoms. The third-order valence-electron chi connectivity index (χ3n) is 6.34. The van der Waals surface area contributed by atoms with E-state index in [0.717, 1.165) is 55.8 Å². The number of hydrogen-bond donors (Lipinski definition) is 0. The highest BCUT2D eigenvalue weighted by atomic mass is 35.5. The monoisotopic (exact) mass is 394 g/mol. The van der Waals surface area contributed by atoms with E-state index in [2.05, 4.69) is 61.2 Å². The standard InChI is InChI=1S/C25H31ClN2/c1-3-28(18-16-21-9-5-4-6-10-21)20(2)15-17-25(19-27,22-13-14-22)23-11-7-8-12-24(23)26/h4-12,20,22H,3,13-18H2,1-2H3. The summed E-state index contributed by atoms with van der Waals surface area (Å²) in [6.07, 6.45) is 5.23. The van der Waals surface area contributed by atoms with Crippen LogP contribution >= 0.6 is 11.6 Å². The quantitative estimate of drug-likeness (QED) is 0.476. The van der Waals surface area contributed by atoms with Gasteiger partial charge >= 0.3 is 0 Å². The summed E-state index contributed by atoms with van der Waals surface area (Å²) in [6, 6.07) is 21.8. The van der Waals surface area contributed by atoms with Gasteiger partial charge in [-0.25, -0.2) is 0 Å². The van der Waals surface area contributed by atoms with E-state index < -0.39 is 5.41 Å². The lowest BCUT2D eigenvalue weighted by Gasteiger charge is -2.33. The Bertz CT molecular complexity index is 794. The predicted molar refractivity (Wildman–Crippen MR) is 118 cm³/mol. The van der Waals surface area contributed by atoms with Crippen molar-refractivity contribution in [2.45, 2.75) is 57.4 Å². The van der Waals surface area contributed by atoms with Crippen LogP contribution in [0.15, 0.2) is 54.6 Å². The SMILES string of the molecule is CCN(CCc1ccccc1)C(C)CCC(C#N)(c1ccccc1Cl)C1CC1. The topological polar surface area (TPSA) is 27.0 Å². The van der Waals surface area contributed by atoms with Crippen LogP contribution in [0.25, 0.3) is 0 Å². The number of nitrogens with zero attached hydrogens (tertiary/aromatic N) is 2. The molecule has 2 unspecified atom stereocenters. The number of nitriles is 1. The highest BCUT2D eigenvalue weighted by Gasteiger charge is 2.47. The van der Waals surface area contributed by atoms with E-state index in [1.165, 1.54) is 5.56 Å². The van der Waals surface area contributed by atoms with Gasteiger partial charge in [-0.2, -0.15) is 5.26 Å². The molecule has 2 aromatic carbocycles. The van der Waals surface area contributed by atoms with Gasteiger partial charge in [-0.3, -0.25) is 0 Å². The Morgan fingerprint density at radius 3 is 2.43 bits per heavy atom. The van der Waals surface area contributed by atoms with Crippen molar-refractivity contribution in [1.29, 1.82) is 5.26 Å². The van der Waals surface area contributed by atoms with Crippen molar-refractivity contribution in [3.8, 4) is 6.07 Å². The van der Waals surface area contributed by atoms with Crippen LogP contribution in [0.4, 0.5) is 0 Å². The molecule has 28 heavy (non-hydrogen) atoms. The highest BCUT2D eigenvalue weighted by molar-refractivity contribution is 6.31. The first kappa shape index (κ1) is 20.9. The fourth-order valence-corrected chi connectivity index (χ4v) is 4.70. The Morgan fingerprint density at radius 2 is 1.82 bits per heavy atom. The fourth-order valence-electron chi connectivity index (χ4n) is 4.39. The summed E-state index contributed by atoms with van der Waals surface area (Å²) in [4.78, 5) is 2.54. The molecule has 0 N–H and O–H groups in total. The van der Waals surface area contributed by atoms with Crippen LogP contribution < -0.4 is 0 Å². The molecule has 1 fully saturated rings. The lowest BCUT2D eigenvalue weighted by Crippen LogP contribution is -2.37. The normalized spacial score (nSPS) is 17.1. The molecule has 0 radical (unpaired) electrons. The van der Waals surface area contributed by atoms with Gasteiger partial charge in [0.25, 0.3) is 0 Å².